The van der Waals surface area contributed by atoms with Crippen LogP contribution < -0.4 is 15.2 Å². The number of carbonyl (C=O) groups is 1. The Morgan fingerprint density at radius 2 is 1.53 bits per heavy atom. The predicted octanol–water partition coefficient (Wildman–Crippen LogP) is 6.02. The first kappa shape index (κ1) is 19.3. The van der Waals surface area contributed by atoms with Crippen LogP contribution in [0.1, 0.15) is 5.56 Å². The third-order valence-electron chi connectivity index (χ3n) is 4.71. The van der Waals surface area contributed by atoms with Crippen LogP contribution >= 0.6 is 0 Å². The van der Waals surface area contributed by atoms with Crippen molar-refractivity contribution in [3.8, 4) is 5.75 Å². The fraction of sp³-hybridized carbons (Fsp3) is 0.0800. The summed E-state index contributed by atoms with van der Waals surface area (Å²) in [5.41, 5.74) is 5.52. The van der Waals surface area contributed by atoms with E-state index in [4.69, 9.17) is 9.47 Å². The van der Waals surface area contributed by atoms with E-state index in [1.165, 1.54) is 5.01 Å². The summed E-state index contributed by atoms with van der Waals surface area (Å²) in [6.07, 6.45) is -0.503. The molecule has 0 saturated carbocycles. The Hall–Kier alpha value is -3.99. The monoisotopic (exact) mass is 398 g/mol. The highest BCUT2D eigenvalue weighted by Gasteiger charge is 2.18. The number of nitrogens with one attached hydrogen (secondary N) is 1. The Bertz CT molecular complexity index is 1130. The maximum absolute atomic E-state index is 12.9. The molecule has 30 heavy (non-hydrogen) atoms. The van der Waals surface area contributed by atoms with E-state index in [-0.39, 0.29) is 6.61 Å². The summed E-state index contributed by atoms with van der Waals surface area (Å²) in [5.74, 6) is 0.710. The van der Waals surface area contributed by atoms with Crippen molar-refractivity contribution in [2.24, 2.45) is 0 Å². The van der Waals surface area contributed by atoms with Crippen LogP contribution in [0.2, 0.25) is 0 Å². The molecule has 0 atom stereocenters. The van der Waals surface area contributed by atoms with Crippen molar-refractivity contribution in [3.05, 3.63) is 103 Å². The van der Waals surface area contributed by atoms with Crippen LogP contribution in [0.3, 0.4) is 0 Å². The molecule has 0 bridgehead atoms. The van der Waals surface area contributed by atoms with Crippen LogP contribution in [0, 0.1) is 0 Å². The minimum atomic E-state index is -0.503. The molecule has 0 aliphatic heterocycles. The van der Waals surface area contributed by atoms with Crippen molar-refractivity contribution in [2.75, 3.05) is 17.5 Å². The molecule has 0 heterocycles. The molecule has 1 amide bonds. The van der Waals surface area contributed by atoms with Gasteiger partial charge in [0, 0.05) is 0 Å². The van der Waals surface area contributed by atoms with E-state index in [0.717, 1.165) is 22.0 Å². The van der Waals surface area contributed by atoms with Gasteiger partial charge >= 0.3 is 6.09 Å². The molecule has 0 saturated heterocycles. The molecule has 0 aliphatic carbocycles. The van der Waals surface area contributed by atoms with Crippen LogP contribution in [-0.2, 0) is 11.3 Å². The molecule has 0 fully saturated rings. The lowest BCUT2D eigenvalue weighted by Crippen LogP contribution is -2.36. The molecular weight excluding hydrogens is 376 g/mol. The normalized spacial score (nSPS) is 10.4. The maximum atomic E-state index is 12.9. The highest BCUT2D eigenvalue weighted by molar-refractivity contribution is 5.92. The molecule has 5 heteroatoms. The number of anilines is 2. The van der Waals surface area contributed by atoms with Crippen LogP contribution in [0.15, 0.2) is 97.1 Å². The van der Waals surface area contributed by atoms with Gasteiger partial charge in [-0.3, -0.25) is 5.43 Å². The summed E-state index contributed by atoms with van der Waals surface area (Å²) >= 11 is 0. The molecule has 0 aliphatic rings. The standard InChI is InChI=1S/C25H22N2O3/c1-29-24-15-13-23(14-16-24)27(25(28)30-18-19-7-3-2-4-8-19)26-22-12-11-20-9-5-6-10-21(20)17-22/h2-17,26H,18H2,1H3. The molecule has 0 spiro atoms. The fourth-order valence-corrected chi connectivity index (χ4v) is 3.12. The van der Waals surface area contributed by atoms with Gasteiger partial charge in [-0.25, -0.2) is 4.79 Å². The topological polar surface area (TPSA) is 50.8 Å². The zero-order valence-corrected chi connectivity index (χ0v) is 16.6. The van der Waals surface area contributed by atoms with Gasteiger partial charge in [-0.1, -0.05) is 60.7 Å². The lowest BCUT2D eigenvalue weighted by Gasteiger charge is -2.24. The second-order valence-corrected chi connectivity index (χ2v) is 6.75. The number of hydrogen-bond donors (Lipinski definition) is 1. The Balaban J connectivity index is 1.58. The number of amides is 1. The minimum Gasteiger partial charge on any atom is -0.497 e. The van der Waals surface area contributed by atoms with E-state index < -0.39 is 6.09 Å². The summed E-state index contributed by atoms with van der Waals surface area (Å²) in [7, 11) is 1.61. The zero-order valence-electron chi connectivity index (χ0n) is 16.6. The van der Waals surface area contributed by atoms with Crippen LogP contribution in [-0.4, -0.2) is 13.2 Å². The van der Waals surface area contributed by atoms with Crippen molar-refractivity contribution in [1.29, 1.82) is 0 Å². The molecule has 0 unspecified atom stereocenters. The van der Waals surface area contributed by atoms with Crippen LogP contribution in [0.4, 0.5) is 16.2 Å². The van der Waals surface area contributed by atoms with E-state index in [1.807, 2.05) is 66.7 Å². The van der Waals surface area contributed by atoms with Crippen molar-refractivity contribution < 1.29 is 14.3 Å². The SMILES string of the molecule is COc1ccc(N(Nc2ccc3ccccc3c2)C(=O)OCc2ccccc2)cc1. The Morgan fingerprint density at radius 1 is 0.833 bits per heavy atom. The van der Waals surface area contributed by atoms with Gasteiger partial charge < -0.3 is 9.47 Å². The van der Waals surface area contributed by atoms with Crippen molar-refractivity contribution in [2.45, 2.75) is 6.61 Å². The first-order valence-corrected chi connectivity index (χ1v) is 9.63. The maximum Gasteiger partial charge on any atom is 0.433 e. The van der Waals surface area contributed by atoms with Gasteiger partial charge in [0.25, 0.3) is 0 Å². The summed E-state index contributed by atoms with van der Waals surface area (Å²) in [6.45, 7) is 0.186. The van der Waals surface area contributed by atoms with Gasteiger partial charge in [0.2, 0.25) is 0 Å². The molecule has 1 N–H and O–H groups in total. The van der Waals surface area contributed by atoms with Gasteiger partial charge in [0.05, 0.1) is 18.5 Å². The first-order valence-electron chi connectivity index (χ1n) is 9.63. The van der Waals surface area contributed by atoms with Crippen molar-refractivity contribution in [1.82, 2.24) is 0 Å². The number of carbonyl (C=O) groups excluding carboxylic acids is 1. The van der Waals surface area contributed by atoms with E-state index >= 15 is 0 Å². The molecule has 4 aromatic rings. The first-order chi connectivity index (χ1) is 14.7. The summed E-state index contributed by atoms with van der Waals surface area (Å²) in [6, 6.07) is 30.8. The number of rotatable bonds is 6. The van der Waals surface area contributed by atoms with E-state index in [2.05, 4.69) is 11.5 Å². The number of nitrogens with zero attached hydrogens (tertiary/aromatic N) is 1. The number of ether oxygens (including phenoxy) is 2. The van der Waals surface area contributed by atoms with E-state index in [9.17, 15) is 4.79 Å². The molecular formula is C25H22N2O3. The molecule has 0 radical (unpaired) electrons. The highest BCUT2D eigenvalue weighted by atomic mass is 16.6. The highest BCUT2D eigenvalue weighted by Crippen LogP contribution is 2.24. The average Bonchev–Trinajstić information content (AvgIpc) is 2.81. The lowest BCUT2D eigenvalue weighted by atomic mass is 10.1. The van der Waals surface area contributed by atoms with E-state index in [0.29, 0.717) is 11.4 Å². The summed E-state index contributed by atoms with van der Waals surface area (Å²) < 4.78 is 10.8. The lowest BCUT2D eigenvalue weighted by molar-refractivity contribution is 0.148. The molecule has 150 valence electrons. The number of hydrazine groups is 1. The molecule has 4 rings (SSSR count). The second-order valence-electron chi connectivity index (χ2n) is 6.75. The smallest absolute Gasteiger partial charge is 0.433 e. The number of benzene rings is 4. The largest absolute Gasteiger partial charge is 0.497 e. The summed E-state index contributed by atoms with van der Waals surface area (Å²) in [5, 5.41) is 3.60. The van der Waals surface area contributed by atoms with Crippen molar-refractivity contribution >= 4 is 28.2 Å². The van der Waals surface area contributed by atoms with Crippen LogP contribution in [0.5, 0.6) is 5.75 Å². The van der Waals surface area contributed by atoms with Gasteiger partial charge in [-0.05, 0) is 52.7 Å². The van der Waals surface area contributed by atoms with E-state index in [1.54, 1.807) is 31.4 Å². The molecule has 4 aromatic carbocycles. The van der Waals surface area contributed by atoms with Gasteiger partial charge in [-0.15, -0.1) is 0 Å². The molecule has 5 nitrogen and oxygen atoms in total. The fourth-order valence-electron chi connectivity index (χ4n) is 3.12. The number of hydrogen-bond acceptors (Lipinski definition) is 4. The third kappa shape index (κ3) is 4.52. The quantitative estimate of drug-likeness (QED) is 0.404. The Kier molecular flexibility index (Phi) is 5.80. The summed E-state index contributed by atoms with van der Waals surface area (Å²) in [4.78, 5) is 12.9. The second kappa shape index (κ2) is 9.01. The Labute approximate surface area is 175 Å². The van der Waals surface area contributed by atoms with Crippen molar-refractivity contribution in [3.63, 3.8) is 0 Å². The van der Waals surface area contributed by atoms with Gasteiger partial charge in [0.1, 0.15) is 12.4 Å². The number of methoxy groups -OCH3 is 1. The Morgan fingerprint density at radius 3 is 2.27 bits per heavy atom. The van der Waals surface area contributed by atoms with Crippen LogP contribution in [0.25, 0.3) is 10.8 Å². The van der Waals surface area contributed by atoms with Gasteiger partial charge in [-0.2, -0.15) is 5.01 Å². The predicted molar refractivity (Wildman–Crippen MR) is 120 cm³/mol. The minimum absolute atomic E-state index is 0.186. The average molecular weight is 398 g/mol. The third-order valence-corrected chi connectivity index (χ3v) is 4.71. The number of fused-ring (bicyclic) bond motifs is 1. The molecule has 0 aromatic heterocycles. The zero-order chi connectivity index (χ0) is 20.8. The van der Waals surface area contributed by atoms with Gasteiger partial charge in [0.15, 0.2) is 0 Å².